The van der Waals surface area contributed by atoms with E-state index < -0.39 is 0 Å². The molecule has 23 heavy (non-hydrogen) atoms. The molecular weight excluding hydrogens is 308 g/mol. The number of fused-ring (bicyclic) bond motifs is 1. The van der Waals surface area contributed by atoms with Crippen molar-refractivity contribution < 1.29 is 0 Å². The lowest BCUT2D eigenvalue weighted by molar-refractivity contribution is 0.951. The van der Waals surface area contributed by atoms with Crippen LogP contribution in [0.15, 0.2) is 61.1 Å². The average molecular weight is 321 g/mol. The van der Waals surface area contributed by atoms with Crippen LogP contribution in [0.4, 0.5) is 0 Å². The van der Waals surface area contributed by atoms with Crippen molar-refractivity contribution in [2.45, 2.75) is 6.92 Å². The smallest absolute Gasteiger partial charge is 0.159 e. The van der Waals surface area contributed by atoms with Crippen molar-refractivity contribution in [2.24, 2.45) is 0 Å². The van der Waals surface area contributed by atoms with Crippen LogP contribution in [0.25, 0.3) is 28.2 Å². The number of rotatable bonds is 2. The van der Waals surface area contributed by atoms with Gasteiger partial charge in [-0.15, -0.1) is 0 Å². The third-order valence-electron chi connectivity index (χ3n) is 3.84. The van der Waals surface area contributed by atoms with Crippen molar-refractivity contribution in [3.8, 4) is 22.5 Å². The zero-order chi connectivity index (χ0) is 15.8. The summed E-state index contributed by atoms with van der Waals surface area (Å²) in [6, 6.07) is 13.6. The summed E-state index contributed by atoms with van der Waals surface area (Å²) in [6.07, 6.45) is 5.36. The third kappa shape index (κ3) is 2.37. The highest BCUT2D eigenvalue weighted by Gasteiger charge is 2.14. The van der Waals surface area contributed by atoms with Gasteiger partial charge in [-0.05, 0) is 37.3 Å². The van der Waals surface area contributed by atoms with Crippen molar-refractivity contribution in [1.29, 1.82) is 0 Å². The minimum Gasteiger partial charge on any atom is -0.265 e. The number of hydrogen-bond donors (Lipinski definition) is 0. The largest absolute Gasteiger partial charge is 0.265 e. The first-order chi connectivity index (χ1) is 11.2. The van der Waals surface area contributed by atoms with Crippen LogP contribution in [0.3, 0.4) is 0 Å². The van der Waals surface area contributed by atoms with Gasteiger partial charge in [-0.2, -0.15) is 5.10 Å². The maximum atomic E-state index is 5.98. The molecule has 4 nitrogen and oxygen atoms in total. The standard InChI is InChI=1S/C18H13ClN4/c1-12-17(14-2-4-15(19)5-3-14)22-23-16(8-11-21-18(12)23)13-6-9-20-10-7-13/h2-11H,1H3. The van der Waals surface area contributed by atoms with Crippen molar-refractivity contribution in [3.05, 3.63) is 71.6 Å². The van der Waals surface area contributed by atoms with Gasteiger partial charge in [0.05, 0.1) is 11.4 Å². The first-order valence-electron chi connectivity index (χ1n) is 7.25. The van der Waals surface area contributed by atoms with E-state index in [1.807, 2.05) is 60.1 Å². The van der Waals surface area contributed by atoms with E-state index in [2.05, 4.69) is 9.97 Å². The second-order valence-electron chi connectivity index (χ2n) is 5.28. The Kier molecular flexibility index (Phi) is 3.32. The summed E-state index contributed by atoms with van der Waals surface area (Å²) in [5.74, 6) is 0. The summed E-state index contributed by atoms with van der Waals surface area (Å²) in [7, 11) is 0. The first kappa shape index (κ1) is 13.9. The number of pyridine rings is 1. The van der Waals surface area contributed by atoms with Gasteiger partial charge in [0, 0.05) is 40.3 Å². The molecule has 3 heterocycles. The van der Waals surface area contributed by atoms with Gasteiger partial charge in [0.1, 0.15) is 0 Å². The zero-order valence-corrected chi connectivity index (χ0v) is 13.2. The summed E-state index contributed by atoms with van der Waals surface area (Å²) < 4.78 is 1.88. The highest BCUT2D eigenvalue weighted by molar-refractivity contribution is 6.30. The molecule has 0 aliphatic heterocycles. The topological polar surface area (TPSA) is 43.1 Å². The Bertz CT molecular complexity index is 975. The highest BCUT2D eigenvalue weighted by Crippen LogP contribution is 2.28. The molecule has 0 fully saturated rings. The molecule has 0 aliphatic rings. The van der Waals surface area contributed by atoms with Gasteiger partial charge in [-0.1, -0.05) is 23.7 Å². The van der Waals surface area contributed by atoms with Gasteiger partial charge in [0.15, 0.2) is 5.65 Å². The van der Waals surface area contributed by atoms with Crippen LogP contribution in [0.1, 0.15) is 5.56 Å². The van der Waals surface area contributed by atoms with E-state index in [0.29, 0.717) is 5.02 Å². The summed E-state index contributed by atoms with van der Waals surface area (Å²) in [6.45, 7) is 2.04. The predicted molar refractivity (Wildman–Crippen MR) is 91.4 cm³/mol. The van der Waals surface area contributed by atoms with Crippen LogP contribution in [-0.2, 0) is 0 Å². The molecule has 0 unspecified atom stereocenters. The molecule has 0 saturated heterocycles. The Hall–Kier alpha value is -2.72. The number of benzene rings is 1. The molecule has 0 bridgehead atoms. The lowest BCUT2D eigenvalue weighted by Crippen LogP contribution is -1.95. The first-order valence-corrected chi connectivity index (χ1v) is 7.62. The van der Waals surface area contributed by atoms with Gasteiger partial charge in [-0.25, -0.2) is 9.50 Å². The average Bonchev–Trinajstić information content (AvgIpc) is 2.93. The normalized spacial score (nSPS) is 11.0. The van der Waals surface area contributed by atoms with Crippen LogP contribution in [-0.4, -0.2) is 19.6 Å². The van der Waals surface area contributed by atoms with Crippen LogP contribution in [0.2, 0.25) is 5.02 Å². The number of aryl methyl sites for hydroxylation is 1. The fourth-order valence-corrected chi connectivity index (χ4v) is 2.80. The molecule has 0 spiro atoms. The van der Waals surface area contributed by atoms with Crippen molar-refractivity contribution in [3.63, 3.8) is 0 Å². The van der Waals surface area contributed by atoms with Crippen LogP contribution in [0, 0.1) is 6.92 Å². The van der Waals surface area contributed by atoms with E-state index in [1.165, 1.54) is 0 Å². The molecule has 0 aliphatic carbocycles. The maximum absolute atomic E-state index is 5.98. The third-order valence-corrected chi connectivity index (χ3v) is 4.09. The number of aromatic nitrogens is 4. The van der Waals surface area contributed by atoms with Crippen LogP contribution >= 0.6 is 11.6 Å². The molecule has 3 aromatic heterocycles. The van der Waals surface area contributed by atoms with E-state index in [1.54, 1.807) is 12.4 Å². The van der Waals surface area contributed by atoms with E-state index in [-0.39, 0.29) is 0 Å². The fourth-order valence-electron chi connectivity index (χ4n) is 2.68. The van der Waals surface area contributed by atoms with Crippen LogP contribution < -0.4 is 0 Å². The predicted octanol–water partition coefficient (Wildman–Crippen LogP) is 4.42. The highest BCUT2D eigenvalue weighted by atomic mass is 35.5. The fraction of sp³-hybridized carbons (Fsp3) is 0.0556. The Balaban J connectivity index is 1.96. The molecule has 112 valence electrons. The SMILES string of the molecule is Cc1c(-c2ccc(Cl)cc2)nn2c(-c3ccncc3)ccnc12. The molecule has 0 atom stereocenters. The van der Waals surface area contributed by atoms with E-state index in [0.717, 1.165) is 33.7 Å². The summed E-state index contributed by atoms with van der Waals surface area (Å²) >= 11 is 5.98. The molecule has 4 aromatic rings. The van der Waals surface area contributed by atoms with Gasteiger partial charge in [0.2, 0.25) is 0 Å². The van der Waals surface area contributed by atoms with E-state index in [4.69, 9.17) is 16.7 Å². The van der Waals surface area contributed by atoms with Crippen molar-refractivity contribution in [2.75, 3.05) is 0 Å². The maximum Gasteiger partial charge on any atom is 0.159 e. The molecule has 4 rings (SSSR count). The quantitative estimate of drug-likeness (QED) is 0.549. The van der Waals surface area contributed by atoms with Gasteiger partial charge >= 0.3 is 0 Å². The summed E-state index contributed by atoms with van der Waals surface area (Å²) in [5, 5.41) is 5.49. The summed E-state index contributed by atoms with van der Waals surface area (Å²) in [4.78, 5) is 8.56. The van der Waals surface area contributed by atoms with E-state index in [9.17, 15) is 0 Å². The van der Waals surface area contributed by atoms with Gasteiger partial charge < -0.3 is 0 Å². The van der Waals surface area contributed by atoms with Crippen LogP contribution in [0.5, 0.6) is 0 Å². The number of nitrogens with zero attached hydrogens (tertiary/aromatic N) is 4. The molecular formula is C18H13ClN4. The molecule has 1 aromatic carbocycles. The lowest BCUT2D eigenvalue weighted by atomic mass is 10.1. The van der Waals surface area contributed by atoms with Gasteiger partial charge in [0.25, 0.3) is 0 Å². The molecule has 0 radical (unpaired) electrons. The zero-order valence-electron chi connectivity index (χ0n) is 12.4. The second-order valence-corrected chi connectivity index (χ2v) is 5.72. The van der Waals surface area contributed by atoms with Crippen molar-refractivity contribution >= 4 is 17.2 Å². The van der Waals surface area contributed by atoms with Crippen molar-refractivity contribution in [1.82, 2.24) is 19.6 Å². The number of hydrogen-bond acceptors (Lipinski definition) is 3. The molecule has 0 amide bonds. The Morgan fingerprint density at radius 3 is 2.35 bits per heavy atom. The Morgan fingerprint density at radius 1 is 0.870 bits per heavy atom. The lowest BCUT2D eigenvalue weighted by Gasteiger charge is -2.03. The molecule has 0 saturated carbocycles. The monoisotopic (exact) mass is 320 g/mol. The Morgan fingerprint density at radius 2 is 1.61 bits per heavy atom. The summed E-state index contributed by atoms with van der Waals surface area (Å²) in [5.41, 5.74) is 5.87. The minimum absolute atomic E-state index is 0.714. The molecule has 5 heteroatoms. The minimum atomic E-state index is 0.714. The van der Waals surface area contributed by atoms with E-state index >= 15 is 0 Å². The Labute approximate surface area is 138 Å². The molecule has 0 N–H and O–H groups in total. The number of halogens is 1. The van der Waals surface area contributed by atoms with Gasteiger partial charge in [-0.3, -0.25) is 4.98 Å². The second kappa shape index (κ2) is 5.48.